The van der Waals surface area contributed by atoms with Gasteiger partial charge in [0.05, 0.1) is 23.2 Å². The Kier molecular flexibility index (Phi) is 9.84. The number of amides is 2. The Bertz CT molecular complexity index is 1330. The van der Waals surface area contributed by atoms with E-state index in [1.165, 1.54) is 38.1 Å². The Balaban J connectivity index is 1.55. The van der Waals surface area contributed by atoms with Crippen molar-refractivity contribution in [2.45, 2.75) is 64.1 Å². The number of hydrogen-bond acceptors (Lipinski definition) is 5. The van der Waals surface area contributed by atoms with Gasteiger partial charge in [0.1, 0.15) is 5.82 Å². The number of carbonyl (C=O) groups excluding carboxylic acids is 2. The highest BCUT2D eigenvalue weighted by Crippen LogP contribution is 2.39. The number of hydrogen-bond donors (Lipinski definition) is 0. The predicted octanol–water partition coefficient (Wildman–Crippen LogP) is 6.59. The molecule has 2 aliphatic heterocycles. The number of piperazine rings is 1. The molecule has 14 heteroatoms. The summed E-state index contributed by atoms with van der Waals surface area (Å²) in [6.07, 6.45) is -9.94. The molecule has 242 valence electrons. The number of piperidine rings is 1. The van der Waals surface area contributed by atoms with Gasteiger partial charge in [0, 0.05) is 52.7 Å². The van der Waals surface area contributed by atoms with Crippen LogP contribution in [0.3, 0.4) is 0 Å². The third kappa shape index (κ3) is 7.63. The number of nitrogens with zero attached hydrogens (tertiary/aromatic N) is 4. The van der Waals surface area contributed by atoms with Gasteiger partial charge >= 0.3 is 18.4 Å². The summed E-state index contributed by atoms with van der Waals surface area (Å²) in [5.74, 6) is -0.431. The molecule has 0 radical (unpaired) electrons. The number of alkyl halides is 6. The third-order valence-electron chi connectivity index (χ3n) is 8.55. The summed E-state index contributed by atoms with van der Waals surface area (Å²) in [4.78, 5) is 35.8. The maximum Gasteiger partial charge on any atom is 0.429 e. The topological polar surface area (TPSA) is 56.3 Å². The fourth-order valence-corrected chi connectivity index (χ4v) is 5.83. The SMILES string of the molecule is CC(=O)N1CCN([C@H]2CCN(OC(=O)N(C)[C@H](C)c3cc(C(F)(F)F)cc(C(F)(F)F)c3)[C@@H](c3ccc(F)cc3C)C2)CC1. The lowest BCUT2D eigenvalue weighted by atomic mass is 9.89. The fourth-order valence-electron chi connectivity index (χ4n) is 5.83. The lowest BCUT2D eigenvalue weighted by Gasteiger charge is -2.45. The van der Waals surface area contributed by atoms with Crippen LogP contribution >= 0.6 is 0 Å². The average Bonchev–Trinajstić information content (AvgIpc) is 2.95. The molecule has 7 nitrogen and oxygen atoms in total. The van der Waals surface area contributed by atoms with Crippen LogP contribution in [0.1, 0.15) is 66.6 Å². The van der Waals surface area contributed by atoms with Crippen molar-refractivity contribution in [3.05, 3.63) is 70.0 Å². The molecule has 2 fully saturated rings. The van der Waals surface area contributed by atoms with Crippen LogP contribution < -0.4 is 0 Å². The molecular weight excluding hydrogens is 597 g/mol. The van der Waals surface area contributed by atoms with Gasteiger partial charge in [-0.15, -0.1) is 5.06 Å². The minimum Gasteiger partial charge on any atom is -0.350 e. The highest BCUT2D eigenvalue weighted by molar-refractivity contribution is 5.73. The largest absolute Gasteiger partial charge is 0.429 e. The van der Waals surface area contributed by atoms with E-state index in [-0.39, 0.29) is 30.1 Å². The van der Waals surface area contributed by atoms with Gasteiger partial charge in [-0.1, -0.05) is 6.07 Å². The minimum absolute atomic E-state index is 0.00399. The number of carbonyl (C=O) groups is 2. The second-order valence-electron chi connectivity index (χ2n) is 11.4. The van der Waals surface area contributed by atoms with E-state index >= 15 is 0 Å². The smallest absolute Gasteiger partial charge is 0.350 e. The van der Waals surface area contributed by atoms with Crippen LogP contribution in [0, 0.1) is 12.7 Å². The molecular formula is C30H35F7N4O3. The summed E-state index contributed by atoms with van der Waals surface area (Å²) in [6.45, 7) is 7.33. The first kappa shape index (κ1) is 33.5. The number of halogens is 7. The van der Waals surface area contributed by atoms with Crippen molar-refractivity contribution in [3.8, 4) is 0 Å². The van der Waals surface area contributed by atoms with E-state index in [1.807, 2.05) is 0 Å². The normalized spacial score (nSPS) is 21.2. The first-order chi connectivity index (χ1) is 20.5. The quantitative estimate of drug-likeness (QED) is 0.349. The van der Waals surface area contributed by atoms with Crippen molar-refractivity contribution in [1.29, 1.82) is 0 Å². The lowest BCUT2D eigenvalue weighted by molar-refractivity contribution is -0.168. The molecule has 2 aromatic carbocycles. The van der Waals surface area contributed by atoms with Crippen LogP contribution in [0.4, 0.5) is 35.5 Å². The number of aryl methyl sites for hydroxylation is 1. The monoisotopic (exact) mass is 632 g/mol. The maximum atomic E-state index is 14.0. The zero-order valence-corrected chi connectivity index (χ0v) is 24.8. The van der Waals surface area contributed by atoms with Gasteiger partial charge in [-0.3, -0.25) is 9.69 Å². The Hall–Kier alpha value is -3.39. The molecule has 44 heavy (non-hydrogen) atoms. The van der Waals surface area contributed by atoms with Crippen molar-refractivity contribution in [3.63, 3.8) is 0 Å². The highest BCUT2D eigenvalue weighted by Gasteiger charge is 2.40. The third-order valence-corrected chi connectivity index (χ3v) is 8.55. The van der Waals surface area contributed by atoms with Crippen LogP contribution in [0.15, 0.2) is 36.4 Å². The van der Waals surface area contributed by atoms with Crippen LogP contribution in [0.2, 0.25) is 0 Å². The van der Waals surface area contributed by atoms with Gasteiger partial charge in [0.25, 0.3) is 0 Å². The van der Waals surface area contributed by atoms with E-state index in [4.69, 9.17) is 4.84 Å². The first-order valence-electron chi connectivity index (χ1n) is 14.2. The van der Waals surface area contributed by atoms with Crippen molar-refractivity contribution in [2.24, 2.45) is 0 Å². The van der Waals surface area contributed by atoms with Gasteiger partial charge in [0.2, 0.25) is 5.91 Å². The molecule has 2 aromatic rings. The molecule has 0 aromatic heterocycles. The van der Waals surface area contributed by atoms with Crippen LogP contribution in [0.5, 0.6) is 0 Å². The second kappa shape index (κ2) is 12.9. The summed E-state index contributed by atoms with van der Waals surface area (Å²) < 4.78 is 94.5. The molecule has 0 saturated carbocycles. The summed E-state index contributed by atoms with van der Waals surface area (Å²) in [5.41, 5.74) is -1.97. The Labute approximate surface area is 251 Å². The molecule has 0 spiro atoms. The van der Waals surface area contributed by atoms with Gasteiger partial charge < -0.3 is 14.6 Å². The lowest BCUT2D eigenvalue weighted by Crippen LogP contribution is -2.54. The van der Waals surface area contributed by atoms with E-state index in [1.54, 1.807) is 17.9 Å². The number of rotatable bonds is 5. The van der Waals surface area contributed by atoms with E-state index in [9.17, 15) is 40.3 Å². The van der Waals surface area contributed by atoms with Crippen LogP contribution in [-0.2, 0) is 22.0 Å². The van der Waals surface area contributed by atoms with E-state index in [0.29, 0.717) is 56.7 Å². The first-order valence-corrected chi connectivity index (χ1v) is 14.2. The van der Waals surface area contributed by atoms with Crippen LogP contribution in [-0.4, -0.2) is 77.6 Å². The zero-order chi connectivity index (χ0) is 32.6. The van der Waals surface area contributed by atoms with Crippen molar-refractivity contribution in [2.75, 3.05) is 39.8 Å². The van der Waals surface area contributed by atoms with E-state index < -0.39 is 47.5 Å². The van der Waals surface area contributed by atoms with E-state index in [0.717, 1.165) is 10.5 Å². The molecule has 2 saturated heterocycles. The standard InChI is InChI=1S/C30H35F7N4O3/c1-18-13-24(31)5-6-26(18)27-17-25(40-11-9-39(10-12-40)20(3)42)7-8-41(27)44-28(43)38(4)19(2)21-14-22(29(32,33)34)16-23(15-21)30(35,36)37/h5-6,13-16,19,25,27H,7-12,17H2,1-4H3/t19-,25+,27-/m1/s1. The summed E-state index contributed by atoms with van der Waals surface area (Å²) in [6, 6.07) is 3.86. The maximum absolute atomic E-state index is 14.0. The van der Waals surface area contributed by atoms with Gasteiger partial charge in [-0.05, 0) is 73.7 Å². The fraction of sp³-hybridized carbons (Fsp3) is 0.533. The molecule has 3 atom stereocenters. The highest BCUT2D eigenvalue weighted by atomic mass is 19.4. The van der Waals surface area contributed by atoms with Crippen molar-refractivity contribution < 1.29 is 45.2 Å². The Morgan fingerprint density at radius 2 is 1.52 bits per heavy atom. The summed E-state index contributed by atoms with van der Waals surface area (Å²) in [7, 11) is 1.24. The zero-order valence-electron chi connectivity index (χ0n) is 24.8. The second-order valence-corrected chi connectivity index (χ2v) is 11.4. The van der Waals surface area contributed by atoms with Gasteiger partial charge in [-0.25, -0.2) is 9.18 Å². The van der Waals surface area contributed by atoms with Crippen LogP contribution in [0.25, 0.3) is 0 Å². The summed E-state index contributed by atoms with van der Waals surface area (Å²) in [5, 5.41) is 1.45. The molecule has 2 aliphatic rings. The van der Waals surface area contributed by atoms with Gasteiger partial charge in [0.15, 0.2) is 0 Å². The molecule has 0 N–H and O–H groups in total. The summed E-state index contributed by atoms with van der Waals surface area (Å²) >= 11 is 0. The molecule has 2 amide bonds. The molecule has 2 heterocycles. The predicted molar refractivity (Wildman–Crippen MR) is 147 cm³/mol. The average molecular weight is 633 g/mol. The number of benzene rings is 2. The minimum atomic E-state index is -5.03. The van der Waals surface area contributed by atoms with Crippen molar-refractivity contribution in [1.82, 2.24) is 19.8 Å². The molecule has 0 unspecified atom stereocenters. The Morgan fingerprint density at radius 1 is 0.932 bits per heavy atom. The molecule has 0 aliphatic carbocycles. The molecule has 0 bridgehead atoms. The molecule has 4 rings (SSSR count). The van der Waals surface area contributed by atoms with E-state index in [2.05, 4.69) is 4.90 Å². The van der Waals surface area contributed by atoms with Gasteiger partial charge in [-0.2, -0.15) is 26.3 Å². The number of hydroxylamine groups is 2. The van der Waals surface area contributed by atoms with Crippen molar-refractivity contribution >= 4 is 12.0 Å². The Morgan fingerprint density at radius 3 is 2.05 bits per heavy atom.